The van der Waals surface area contributed by atoms with E-state index in [2.05, 4.69) is 26.0 Å². The molecule has 1 heterocycles. The molecule has 0 saturated heterocycles. The van der Waals surface area contributed by atoms with Crippen molar-refractivity contribution in [2.24, 2.45) is 5.92 Å². The fraction of sp³-hybridized carbons (Fsp3) is 0.250. The first-order valence-corrected chi connectivity index (χ1v) is 13.7. The van der Waals surface area contributed by atoms with Gasteiger partial charge in [-0.25, -0.2) is 0 Å². The highest BCUT2D eigenvalue weighted by atomic mass is 32.1. The molecule has 0 radical (unpaired) electrons. The molecule has 37 heavy (non-hydrogen) atoms. The van der Waals surface area contributed by atoms with Crippen LogP contribution in [0.4, 0.5) is 0 Å². The topological polar surface area (TPSA) is 40.6 Å². The van der Waals surface area contributed by atoms with Crippen LogP contribution in [0.25, 0.3) is 11.1 Å². The lowest BCUT2D eigenvalue weighted by molar-refractivity contribution is -0.133. The van der Waals surface area contributed by atoms with Crippen LogP contribution in [0.2, 0.25) is 0 Å². The Hall–Kier alpha value is -3.70. The molecular weight excluding hydrogens is 476 g/mol. The molecule has 1 aromatic heterocycles. The third-order valence-corrected chi connectivity index (χ3v) is 7.44. The highest BCUT2D eigenvalue weighted by molar-refractivity contribution is 7.09. The lowest BCUT2D eigenvalue weighted by atomic mass is 10.0. The molecular formula is C32H34N2O2S. The van der Waals surface area contributed by atoms with Crippen LogP contribution in [-0.4, -0.2) is 34.7 Å². The first kappa shape index (κ1) is 26.4. The predicted octanol–water partition coefficient (Wildman–Crippen LogP) is 7.13. The number of amides is 2. The fourth-order valence-corrected chi connectivity index (χ4v) is 4.95. The monoisotopic (exact) mass is 510 g/mol. The average Bonchev–Trinajstić information content (AvgIpc) is 3.46. The molecule has 0 aliphatic carbocycles. The lowest BCUT2D eigenvalue weighted by Gasteiger charge is -2.29. The largest absolute Gasteiger partial charge is 0.332 e. The third kappa shape index (κ3) is 7.40. The number of carbonyl (C=O) groups excluding carboxylic acids is 2. The zero-order valence-corrected chi connectivity index (χ0v) is 22.4. The standard InChI is InChI=1S/C32H34N2O2S/c1-3-25(2)21-34(32(36)29-18-16-28(17-19-29)27-13-8-5-9-14-27)24-31(35)33(23-30-15-10-20-37-30)22-26-11-6-4-7-12-26/h4-20,25H,3,21-24H2,1-2H3. The highest BCUT2D eigenvalue weighted by Crippen LogP contribution is 2.21. The van der Waals surface area contributed by atoms with Crippen molar-refractivity contribution < 1.29 is 9.59 Å². The van der Waals surface area contributed by atoms with Gasteiger partial charge in [-0.3, -0.25) is 9.59 Å². The molecule has 1 atom stereocenters. The lowest BCUT2D eigenvalue weighted by Crippen LogP contribution is -2.44. The maximum Gasteiger partial charge on any atom is 0.254 e. The van der Waals surface area contributed by atoms with Gasteiger partial charge < -0.3 is 9.80 Å². The van der Waals surface area contributed by atoms with E-state index in [0.29, 0.717) is 31.1 Å². The van der Waals surface area contributed by atoms with Crippen molar-refractivity contribution in [3.05, 3.63) is 118 Å². The predicted molar refractivity (Wildman–Crippen MR) is 152 cm³/mol. The van der Waals surface area contributed by atoms with Crippen molar-refractivity contribution in [2.45, 2.75) is 33.4 Å². The van der Waals surface area contributed by atoms with E-state index < -0.39 is 0 Å². The minimum Gasteiger partial charge on any atom is -0.332 e. The van der Waals surface area contributed by atoms with E-state index in [1.54, 1.807) is 16.2 Å². The Morgan fingerprint density at radius 1 is 0.757 bits per heavy atom. The van der Waals surface area contributed by atoms with E-state index in [4.69, 9.17) is 0 Å². The minimum atomic E-state index is -0.107. The van der Waals surface area contributed by atoms with Crippen LogP contribution in [0.1, 0.15) is 41.1 Å². The quantitative estimate of drug-likeness (QED) is 0.215. The molecule has 5 heteroatoms. The van der Waals surface area contributed by atoms with E-state index in [9.17, 15) is 9.59 Å². The van der Waals surface area contributed by atoms with Crippen LogP contribution < -0.4 is 0 Å². The molecule has 0 saturated carbocycles. The van der Waals surface area contributed by atoms with Crippen molar-refractivity contribution >= 4 is 23.2 Å². The number of nitrogens with zero attached hydrogens (tertiary/aromatic N) is 2. The van der Waals surface area contributed by atoms with Crippen molar-refractivity contribution in [3.63, 3.8) is 0 Å². The van der Waals surface area contributed by atoms with Crippen LogP contribution in [0.3, 0.4) is 0 Å². The number of hydrogen-bond donors (Lipinski definition) is 0. The Balaban J connectivity index is 1.53. The summed E-state index contributed by atoms with van der Waals surface area (Å²) >= 11 is 1.64. The Bertz CT molecular complexity index is 1260. The molecule has 1 unspecified atom stereocenters. The van der Waals surface area contributed by atoms with E-state index in [0.717, 1.165) is 28.0 Å². The van der Waals surface area contributed by atoms with Crippen LogP contribution >= 0.6 is 11.3 Å². The van der Waals surface area contributed by atoms with Gasteiger partial charge >= 0.3 is 0 Å². The van der Waals surface area contributed by atoms with Gasteiger partial charge in [0.25, 0.3) is 5.91 Å². The van der Waals surface area contributed by atoms with Gasteiger partial charge in [0, 0.05) is 23.5 Å². The zero-order valence-electron chi connectivity index (χ0n) is 21.5. The van der Waals surface area contributed by atoms with E-state index in [1.165, 1.54) is 0 Å². The number of carbonyl (C=O) groups is 2. The van der Waals surface area contributed by atoms with Crippen molar-refractivity contribution in [1.29, 1.82) is 0 Å². The number of benzene rings is 3. The molecule has 0 spiro atoms. The normalized spacial score (nSPS) is 11.6. The second-order valence-electron chi connectivity index (χ2n) is 9.46. The van der Waals surface area contributed by atoms with Crippen LogP contribution in [0, 0.1) is 5.92 Å². The van der Waals surface area contributed by atoms with Gasteiger partial charge in [-0.1, -0.05) is 99.1 Å². The van der Waals surface area contributed by atoms with Crippen LogP contribution in [-0.2, 0) is 17.9 Å². The average molecular weight is 511 g/mol. The first-order chi connectivity index (χ1) is 18.0. The summed E-state index contributed by atoms with van der Waals surface area (Å²) in [6.45, 7) is 5.87. The maximum atomic E-state index is 13.7. The third-order valence-electron chi connectivity index (χ3n) is 6.58. The molecule has 0 bridgehead atoms. The second-order valence-corrected chi connectivity index (χ2v) is 10.5. The van der Waals surface area contributed by atoms with Gasteiger partial charge in [-0.2, -0.15) is 0 Å². The Morgan fingerprint density at radius 3 is 2.03 bits per heavy atom. The number of thiophene rings is 1. The van der Waals surface area contributed by atoms with Crippen molar-refractivity contribution in [2.75, 3.05) is 13.1 Å². The first-order valence-electron chi connectivity index (χ1n) is 12.8. The minimum absolute atomic E-state index is 0.0465. The molecule has 0 N–H and O–H groups in total. The molecule has 0 aliphatic heterocycles. The van der Waals surface area contributed by atoms with E-state index in [-0.39, 0.29) is 18.4 Å². The molecule has 4 nitrogen and oxygen atoms in total. The molecule has 0 aliphatic rings. The van der Waals surface area contributed by atoms with Crippen molar-refractivity contribution in [3.8, 4) is 11.1 Å². The Kier molecular flexibility index (Phi) is 9.28. The van der Waals surface area contributed by atoms with Crippen LogP contribution in [0.15, 0.2) is 102 Å². The van der Waals surface area contributed by atoms with Crippen molar-refractivity contribution in [1.82, 2.24) is 9.80 Å². The molecule has 190 valence electrons. The van der Waals surface area contributed by atoms with Gasteiger partial charge in [0.15, 0.2) is 0 Å². The Morgan fingerprint density at radius 2 is 1.41 bits per heavy atom. The van der Waals surface area contributed by atoms with E-state index in [1.807, 2.05) is 95.2 Å². The summed E-state index contributed by atoms with van der Waals surface area (Å²) in [5, 5.41) is 2.03. The fourth-order valence-electron chi connectivity index (χ4n) is 4.23. The number of rotatable bonds is 11. The summed E-state index contributed by atoms with van der Waals surface area (Å²) in [6.07, 6.45) is 0.938. The summed E-state index contributed by atoms with van der Waals surface area (Å²) in [7, 11) is 0. The van der Waals surface area contributed by atoms with Gasteiger partial charge in [-0.15, -0.1) is 11.3 Å². The Labute approximate surface area is 224 Å². The summed E-state index contributed by atoms with van der Waals surface area (Å²) in [5.41, 5.74) is 3.84. The summed E-state index contributed by atoms with van der Waals surface area (Å²) < 4.78 is 0. The van der Waals surface area contributed by atoms with Crippen LogP contribution in [0.5, 0.6) is 0 Å². The van der Waals surface area contributed by atoms with Gasteiger partial charge in [0.05, 0.1) is 6.54 Å². The van der Waals surface area contributed by atoms with Gasteiger partial charge in [0.2, 0.25) is 5.91 Å². The summed E-state index contributed by atoms with van der Waals surface area (Å²) in [6, 6.07) is 31.9. The zero-order chi connectivity index (χ0) is 26.0. The highest BCUT2D eigenvalue weighted by Gasteiger charge is 2.24. The smallest absolute Gasteiger partial charge is 0.254 e. The van der Waals surface area contributed by atoms with E-state index >= 15 is 0 Å². The van der Waals surface area contributed by atoms with Gasteiger partial charge in [0.1, 0.15) is 6.54 Å². The second kappa shape index (κ2) is 13.0. The maximum absolute atomic E-state index is 13.7. The molecule has 2 amide bonds. The summed E-state index contributed by atoms with van der Waals surface area (Å²) in [5.74, 6) is 0.138. The molecule has 0 fully saturated rings. The SMILES string of the molecule is CCC(C)CN(CC(=O)N(Cc1ccccc1)Cc1cccs1)C(=O)c1ccc(-c2ccccc2)cc1. The molecule has 4 aromatic rings. The summed E-state index contributed by atoms with van der Waals surface area (Å²) in [4.78, 5) is 32.0. The number of hydrogen-bond acceptors (Lipinski definition) is 3. The molecule has 4 rings (SSSR count). The van der Waals surface area contributed by atoms with Gasteiger partial charge in [-0.05, 0) is 46.2 Å². The molecule has 3 aromatic carbocycles.